The van der Waals surface area contributed by atoms with Crippen LogP contribution in [0.2, 0.25) is 0 Å². The van der Waals surface area contributed by atoms with E-state index in [4.69, 9.17) is 9.72 Å². The Labute approximate surface area is 212 Å². The average molecular weight is 491 g/mol. The number of rotatable bonds is 6. The van der Waals surface area contributed by atoms with Crippen LogP contribution in [0.25, 0.3) is 33.9 Å². The normalized spacial score (nSPS) is 17.1. The molecule has 3 heterocycles. The fourth-order valence-electron chi connectivity index (χ4n) is 4.47. The summed E-state index contributed by atoms with van der Waals surface area (Å²) in [7, 11) is 0. The lowest BCUT2D eigenvalue weighted by Crippen LogP contribution is -2.13. The molecule has 0 amide bonds. The predicted octanol–water partition coefficient (Wildman–Crippen LogP) is 3.56. The number of hydrogen-bond acceptors (Lipinski definition) is 9. The number of aliphatic hydroxyl groups is 1. The third-order valence-corrected chi connectivity index (χ3v) is 6.32. The molecule has 1 N–H and O–H groups in total. The Hall–Kier alpha value is -4.75. The molecule has 5 aromatic rings. The number of nitriles is 1. The van der Waals surface area contributed by atoms with Gasteiger partial charge in [-0.3, -0.25) is 0 Å². The van der Waals surface area contributed by atoms with Crippen molar-refractivity contribution in [1.29, 1.82) is 5.26 Å². The summed E-state index contributed by atoms with van der Waals surface area (Å²) in [6, 6.07) is 17.3. The van der Waals surface area contributed by atoms with Gasteiger partial charge in [-0.25, -0.2) is 24.6 Å². The molecule has 1 aliphatic rings. The zero-order chi connectivity index (χ0) is 25.2. The van der Waals surface area contributed by atoms with Crippen molar-refractivity contribution >= 4 is 11.3 Å². The van der Waals surface area contributed by atoms with Crippen molar-refractivity contribution in [3.63, 3.8) is 0 Å². The maximum absolute atomic E-state index is 9.69. The fraction of sp³-hybridized carbons (Fsp3) is 0.222. The highest BCUT2D eigenvalue weighted by Gasteiger charge is 2.24. The summed E-state index contributed by atoms with van der Waals surface area (Å²) in [5, 5.41) is 27.3. The molecular formula is C27H22N8O2. The third kappa shape index (κ3) is 4.85. The van der Waals surface area contributed by atoms with E-state index in [9.17, 15) is 10.4 Å². The minimum atomic E-state index is -0.289. The lowest BCUT2D eigenvalue weighted by atomic mass is 10.1. The van der Waals surface area contributed by atoms with E-state index in [2.05, 4.69) is 31.3 Å². The van der Waals surface area contributed by atoms with Crippen molar-refractivity contribution in [3.05, 3.63) is 78.2 Å². The molecule has 182 valence electrons. The second-order valence-corrected chi connectivity index (χ2v) is 8.99. The highest BCUT2D eigenvalue weighted by atomic mass is 16.5. The van der Waals surface area contributed by atoms with Crippen molar-refractivity contribution in [2.24, 2.45) is 0 Å². The molecule has 2 aromatic carbocycles. The van der Waals surface area contributed by atoms with E-state index in [0.717, 1.165) is 29.5 Å². The van der Waals surface area contributed by atoms with E-state index in [1.807, 2.05) is 36.4 Å². The van der Waals surface area contributed by atoms with Crippen LogP contribution >= 0.6 is 0 Å². The number of fused-ring (bicyclic) bond motifs is 1. The topological polar surface area (TPSA) is 136 Å². The molecule has 2 unspecified atom stereocenters. The highest BCUT2D eigenvalue weighted by molar-refractivity contribution is 5.70. The van der Waals surface area contributed by atoms with Crippen LogP contribution in [0.15, 0.2) is 67.1 Å². The fourth-order valence-corrected chi connectivity index (χ4v) is 4.47. The molecular weight excluding hydrogens is 468 g/mol. The highest BCUT2D eigenvalue weighted by Crippen LogP contribution is 2.25. The van der Waals surface area contributed by atoms with Crippen LogP contribution in [0.1, 0.15) is 30.4 Å². The van der Waals surface area contributed by atoms with E-state index in [-0.39, 0.29) is 12.2 Å². The van der Waals surface area contributed by atoms with Crippen LogP contribution < -0.4 is 4.74 Å². The molecule has 1 saturated carbocycles. The second kappa shape index (κ2) is 9.72. The van der Waals surface area contributed by atoms with Gasteiger partial charge in [0, 0.05) is 17.5 Å². The monoisotopic (exact) mass is 490 g/mol. The Balaban J connectivity index is 1.22. The van der Waals surface area contributed by atoms with E-state index in [1.165, 1.54) is 0 Å². The van der Waals surface area contributed by atoms with E-state index in [1.54, 1.807) is 35.4 Å². The van der Waals surface area contributed by atoms with Gasteiger partial charge >= 0.3 is 0 Å². The molecule has 0 saturated heterocycles. The van der Waals surface area contributed by atoms with Gasteiger partial charge in [0.1, 0.15) is 6.10 Å². The summed E-state index contributed by atoms with van der Waals surface area (Å²) >= 11 is 0. The zero-order valence-electron chi connectivity index (χ0n) is 19.8. The number of nitrogens with zero attached hydrogens (tertiary/aromatic N) is 8. The molecule has 6 rings (SSSR count). The number of aliphatic hydroxyl groups excluding tert-OH is 1. The zero-order valence-corrected chi connectivity index (χ0v) is 19.8. The van der Waals surface area contributed by atoms with Crippen LogP contribution in [0, 0.1) is 11.3 Å². The maximum atomic E-state index is 9.69. The van der Waals surface area contributed by atoms with Crippen LogP contribution in [0.3, 0.4) is 0 Å². The van der Waals surface area contributed by atoms with Gasteiger partial charge in [0.15, 0.2) is 17.2 Å². The average Bonchev–Trinajstić information content (AvgIpc) is 3.54. The number of hydrogen-bond donors (Lipinski definition) is 1. The second-order valence-electron chi connectivity index (χ2n) is 8.99. The summed E-state index contributed by atoms with van der Waals surface area (Å²) < 4.78 is 7.59. The Bertz CT molecular complexity index is 1610. The van der Waals surface area contributed by atoms with Crippen LogP contribution in [-0.2, 0) is 6.54 Å². The van der Waals surface area contributed by atoms with E-state index in [0.29, 0.717) is 47.1 Å². The smallest absolute Gasteiger partial charge is 0.221 e. The summed E-state index contributed by atoms with van der Waals surface area (Å²) in [5.74, 6) is 1.19. The van der Waals surface area contributed by atoms with Crippen LogP contribution in [0.5, 0.6) is 5.75 Å². The summed E-state index contributed by atoms with van der Waals surface area (Å²) in [6.07, 6.45) is 6.92. The van der Waals surface area contributed by atoms with Gasteiger partial charge in [-0.1, -0.05) is 35.5 Å². The van der Waals surface area contributed by atoms with Crippen molar-refractivity contribution in [2.75, 3.05) is 0 Å². The Morgan fingerprint density at radius 1 is 1.00 bits per heavy atom. The first kappa shape index (κ1) is 22.7. The van der Waals surface area contributed by atoms with Gasteiger partial charge in [0.05, 0.1) is 48.6 Å². The molecule has 3 aromatic heterocycles. The van der Waals surface area contributed by atoms with Crippen molar-refractivity contribution < 1.29 is 9.84 Å². The molecule has 10 nitrogen and oxygen atoms in total. The SMILES string of the molecule is N#Cc1cccc(-c2cnc3nnn(Cc4cccc(-c5ncc(OC6CCC(O)C6)cn5)c4)c3n2)c1. The first-order valence-corrected chi connectivity index (χ1v) is 12.0. The summed E-state index contributed by atoms with van der Waals surface area (Å²) in [5.41, 5.74) is 4.85. The van der Waals surface area contributed by atoms with Crippen molar-refractivity contribution in [3.8, 4) is 34.5 Å². The molecule has 0 aliphatic heterocycles. The standard InChI is InChI=1S/C27H22N8O2/c28-12-17-3-1-5-19(9-17)24-15-31-26-27(32-24)35(34-33-26)16-18-4-2-6-20(10-18)25-29-13-23(14-30-25)37-22-8-7-21(36)11-22/h1-6,9-10,13-15,21-22,36H,7-8,11,16H2. The molecule has 0 spiro atoms. The molecule has 1 fully saturated rings. The molecule has 1 aliphatic carbocycles. The molecule has 2 atom stereocenters. The minimum Gasteiger partial charge on any atom is -0.487 e. The first-order valence-electron chi connectivity index (χ1n) is 12.0. The van der Waals surface area contributed by atoms with E-state index >= 15 is 0 Å². The lowest BCUT2D eigenvalue weighted by Gasteiger charge is -2.12. The van der Waals surface area contributed by atoms with Gasteiger partial charge in [-0.05, 0) is 36.6 Å². The minimum absolute atomic E-state index is 0.00387. The number of ether oxygens (including phenoxy) is 1. The Morgan fingerprint density at radius 2 is 1.84 bits per heavy atom. The maximum Gasteiger partial charge on any atom is 0.221 e. The van der Waals surface area contributed by atoms with Crippen molar-refractivity contribution in [2.45, 2.75) is 38.0 Å². The van der Waals surface area contributed by atoms with Gasteiger partial charge in [-0.2, -0.15) is 5.26 Å². The Kier molecular flexibility index (Phi) is 5.96. The number of benzene rings is 2. The van der Waals surface area contributed by atoms with Gasteiger partial charge in [0.2, 0.25) is 5.65 Å². The quantitative estimate of drug-likeness (QED) is 0.379. The number of aromatic nitrogens is 7. The van der Waals surface area contributed by atoms with Crippen LogP contribution in [-0.4, -0.2) is 52.2 Å². The third-order valence-electron chi connectivity index (χ3n) is 6.32. The van der Waals surface area contributed by atoms with Gasteiger partial charge in [0.25, 0.3) is 0 Å². The van der Waals surface area contributed by atoms with E-state index < -0.39 is 0 Å². The predicted molar refractivity (Wildman–Crippen MR) is 134 cm³/mol. The molecule has 10 heteroatoms. The van der Waals surface area contributed by atoms with Gasteiger partial charge in [-0.15, -0.1) is 5.10 Å². The van der Waals surface area contributed by atoms with Gasteiger partial charge < -0.3 is 9.84 Å². The summed E-state index contributed by atoms with van der Waals surface area (Å²) in [6.45, 7) is 0.436. The Morgan fingerprint density at radius 3 is 2.65 bits per heavy atom. The molecule has 0 bridgehead atoms. The lowest BCUT2D eigenvalue weighted by molar-refractivity contribution is 0.149. The molecule has 0 radical (unpaired) electrons. The van der Waals surface area contributed by atoms with Crippen molar-refractivity contribution in [1.82, 2.24) is 34.9 Å². The molecule has 37 heavy (non-hydrogen) atoms. The summed E-state index contributed by atoms with van der Waals surface area (Å²) in [4.78, 5) is 18.1. The van der Waals surface area contributed by atoms with Crippen LogP contribution in [0.4, 0.5) is 0 Å². The first-order chi connectivity index (χ1) is 18.1. The largest absolute Gasteiger partial charge is 0.487 e.